The maximum atomic E-state index is 12.4. The van der Waals surface area contributed by atoms with E-state index in [1.54, 1.807) is 20.8 Å². The van der Waals surface area contributed by atoms with E-state index in [4.69, 9.17) is 0 Å². The lowest BCUT2D eigenvalue weighted by Gasteiger charge is -2.29. The zero-order valence-corrected chi connectivity index (χ0v) is 10.3. The fraction of sp³-hybridized carbons (Fsp3) is 0.667. The van der Waals surface area contributed by atoms with Gasteiger partial charge in [-0.15, -0.1) is 0 Å². The first-order valence-corrected chi connectivity index (χ1v) is 6.90. The first kappa shape index (κ1) is 10.9. The number of fused-ring (bicyclic) bond motifs is 2. The Morgan fingerprint density at radius 3 is 2.33 bits per heavy atom. The fourth-order valence-electron chi connectivity index (χ4n) is 2.52. The van der Waals surface area contributed by atoms with Crippen LogP contribution >= 0.6 is 0 Å². The molecule has 0 N–H and O–H groups in total. The Hall–Kier alpha value is -0.570. The van der Waals surface area contributed by atoms with E-state index in [0.717, 1.165) is 12.0 Å². The van der Waals surface area contributed by atoms with Crippen LogP contribution in [0.5, 0.6) is 0 Å². The molecule has 0 unspecified atom stereocenters. The Kier molecular flexibility index (Phi) is 2.16. The lowest BCUT2D eigenvalue weighted by atomic mass is 10.0. The number of hydrogen-bond acceptors (Lipinski definition) is 2. The Balaban J connectivity index is 2.42. The molecule has 2 nitrogen and oxygen atoms in total. The second-order valence-electron chi connectivity index (χ2n) is 5.54. The predicted octanol–water partition coefficient (Wildman–Crippen LogP) is 2.33. The maximum absolute atomic E-state index is 12.4. The smallest absolute Gasteiger partial charge is 0.162 e. The van der Waals surface area contributed by atoms with Crippen molar-refractivity contribution in [2.75, 3.05) is 0 Å². The van der Waals surface area contributed by atoms with Gasteiger partial charge >= 0.3 is 0 Å². The molecule has 2 rings (SSSR count). The van der Waals surface area contributed by atoms with Crippen molar-refractivity contribution in [2.24, 2.45) is 11.8 Å². The minimum Gasteiger partial charge on any atom is -0.228 e. The topological polar surface area (TPSA) is 34.1 Å². The van der Waals surface area contributed by atoms with Gasteiger partial charge in [0.2, 0.25) is 0 Å². The van der Waals surface area contributed by atoms with Crippen LogP contribution in [0.4, 0.5) is 0 Å². The van der Waals surface area contributed by atoms with Crippen molar-refractivity contribution in [3.05, 3.63) is 24.3 Å². The third kappa shape index (κ3) is 1.40. The highest BCUT2D eigenvalue weighted by atomic mass is 32.2. The molecule has 0 spiro atoms. The summed E-state index contributed by atoms with van der Waals surface area (Å²) in [6.07, 6.45) is 5.09. The van der Waals surface area contributed by atoms with E-state index >= 15 is 0 Å². The molecule has 0 aliphatic heterocycles. The van der Waals surface area contributed by atoms with Gasteiger partial charge in [-0.05, 0) is 39.0 Å². The molecule has 0 heterocycles. The van der Waals surface area contributed by atoms with Gasteiger partial charge in [-0.2, -0.15) is 0 Å². The molecule has 0 aromatic heterocycles. The molecule has 1 saturated carbocycles. The summed E-state index contributed by atoms with van der Waals surface area (Å²) < 4.78 is 24.0. The Morgan fingerprint density at radius 2 is 1.93 bits per heavy atom. The average Bonchev–Trinajstić information content (AvgIpc) is 2.60. The van der Waals surface area contributed by atoms with Crippen molar-refractivity contribution in [2.45, 2.75) is 37.2 Å². The molecule has 3 heteroatoms. The number of rotatable bonds is 1. The standard InChI is InChI=1S/C12H18O2S/c1-8-9-5-6-10(7-9)11(8)15(13,14)12(2,3)4/h5-6,9-11H,1,7H2,2-4H3/t9-,10+,11-/m0/s1. The van der Waals surface area contributed by atoms with E-state index in [0.29, 0.717) is 5.92 Å². The van der Waals surface area contributed by atoms with E-state index < -0.39 is 14.6 Å². The molecule has 0 radical (unpaired) electrons. The summed E-state index contributed by atoms with van der Waals surface area (Å²) >= 11 is 0. The molecule has 2 bridgehead atoms. The molecule has 0 aromatic carbocycles. The Labute approximate surface area is 92.0 Å². The Morgan fingerprint density at radius 1 is 1.33 bits per heavy atom. The molecule has 0 amide bonds. The van der Waals surface area contributed by atoms with Crippen LogP contribution in [0.2, 0.25) is 0 Å². The van der Waals surface area contributed by atoms with Crippen molar-refractivity contribution in [3.63, 3.8) is 0 Å². The summed E-state index contributed by atoms with van der Waals surface area (Å²) in [5.74, 6) is 0.476. The highest BCUT2D eigenvalue weighted by Gasteiger charge is 2.49. The van der Waals surface area contributed by atoms with Gasteiger partial charge in [0.05, 0.1) is 10.00 Å². The summed E-state index contributed by atoms with van der Waals surface area (Å²) in [4.78, 5) is 0. The molecule has 3 atom stereocenters. The van der Waals surface area contributed by atoms with Gasteiger partial charge in [-0.3, -0.25) is 0 Å². The molecule has 0 saturated heterocycles. The zero-order valence-electron chi connectivity index (χ0n) is 9.53. The van der Waals surface area contributed by atoms with Crippen molar-refractivity contribution in [1.82, 2.24) is 0 Å². The van der Waals surface area contributed by atoms with E-state index in [1.807, 2.05) is 6.08 Å². The van der Waals surface area contributed by atoms with E-state index in [9.17, 15) is 8.42 Å². The number of sulfone groups is 1. The summed E-state index contributed by atoms with van der Waals surface area (Å²) in [6.45, 7) is 9.28. The minimum absolute atomic E-state index is 0.173. The quantitative estimate of drug-likeness (QED) is 0.643. The molecule has 84 valence electrons. The van der Waals surface area contributed by atoms with Gasteiger partial charge < -0.3 is 0 Å². The SMILES string of the molecule is C=C1[C@H]2C=C[C@H](C2)[C@H]1S(=O)(=O)C(C)(C)C. The van der Waals surface area contributed by atoms with Crippen molar-refractivity contribution in [1.29, 1.82) is 0 Å². The van der Waals surface area contributed by atoms with Crippen LogP contribution in [0.3, 0.4) is 0 Å². The molecule has 2 aliphatic rings. The van der Waals surface area contributed by atoms with E-state index in [-0.39, 0.29) is 11.2 Å². The predicted molar refractivity (Wildman–Crippen MR) is 62.3 cm³/mol. The lowest BCUT2D eigenvalue weighted by molar-refractivity contribution is 0.538. The van der Waals surface area contributed by atoms with Crippen molar-refractivity contribution >= 4 is 9.84 Å². The number of allylic oxidation sites excluding steroid dienone is 2. The van der Waals surface area contributed by atoms with Gasteiger partial charge in [0.25, 0.3) is 0 Å². The molecular weight excluding hydrogens is 208 g/mol. The highest BCUT2D eigenvalue weighted by molar-refractivity contribution is 7.93. The largest absolute Gasteiger partial charge is 0.228 e. The van der Waals surface area contributed by atoms with Gasteiger partial charge in [-0.1, -0.05) is 24.3 Å². The van der Waals surface area contributed by atoms with Crippen LogP contribution in [0.15, 0.2) is 24.3 Å². The fourth-order valence-corrected chi connectivity index (χ4v) is 4.52. The molecule has 15 heavy (non-hydrogen) atoms. The third-order valence-corrected chi connectivity index (χ3v) is 6.56. The van der Waals surface area contributed by atoms with E-state index in [1.165, 1.54) is 0 Å². The minimum atomic E-state index is -3.11. The Bertz CT molecular complexity index is 423. The van der Waals surface area contributed by atoms with Crippen LogP contribution < -0.4 is 0 Å². The number of hydrogen-bond donors (Lipinski definition) is 0. The van der Waals surface area contributed by atoms with Gasteiger partial charge in [0.1, 0.15) is 0 Å². The summed E-state index contributed by atoms with van der Waals surface area (Å²) in [7, 11) is -3.11. The maximum Gasteiger partial charge on any atom is 0.162 e. The van der Waals surface area contributed by atoms with Crippen LogP contribution in [0.1, 0.15) is 27.2 Å². The monoisotopic (exact) mass is 226 g/mol. The van der Waals surface area contributed by atoms with Crippen molar-refractivity contribution < 1.29 is 8.42 Å². The first-order chi connectivity index (χ1) is 6.75. The average molecular weight is 226 g/mol. The van der Waals surface area contributed by atoms with Crippen LogP contribution in [0, 0.1) is 11.8 Å². The van der Waals surface area contributed by atoms with Crippen LogP contribution in [-0.2, 0) is 9.84 Å². The van der Waals surface area contributed by atoms with Crippen molar-refractivity contribution in [3.8, 4) is 0 Å². The second-order valence-corrected chi connectivity index (χ2v) is 8.37. The van der Waals surface area contributed by atoms with Crippen LogP contribution in [0.25, 0.3) is 0 Å². The molecule has 2 aliphatic carbocycles. The normalized spacial score (nSPS) is 35.1. The zero-order chi connectivity index (χ0) is 11.4. The summed E-state index contributed by atoms with van der Waals surface area (Å²) in [5, 5.41) is -0.340. The van der Waals surface area contributed by atoms with Gasteiger partial charge in [0, 0.05) is 0 Å². The second kappa shape index (κ2) is 2.97. The van der Waals surface area contributed by atoms with Crippen LogP contribution in [-0.4, -0.2) is 18.4 Å². The van der Waals surface area contributed by atoms with Gasteiger partial charge in [-0.25, -0.2) is 8.42 Å². The van der Waals surface area contributed by atoms with E-state index in [2.05, 4.69) is 12.7 Å². The molecular formula is C12H18O2S. The lowest BCUT2D eigenvalue weighted by Crippen LogP contribution is -2.40. The summed E-state index contributed by atoms with van der Waals surface area (Å²) in [5.41, 5.74) is 0.900. The summed E-state index contributed by atoms with van der Waals surface area (Å²) in [6, 6.07) is 0. The molecule has 1 fully saturated rings. The van der Waals surface area contributed by atoms with Gasteiger partial charge in [0.15, 0.2) is 9.84 Å². The third-order valence-electron chi connectivity index (χ3n) is 3.54. The molecule has 0 aromatic rings. The highest BCUT2D eigenvalue weighted by Crippen LogP contribution is 2.47. The first-order valence-electron chi connectivity index (χ1n) is 5.35.